The van der Waals surface area contributed by atoms with Crippen LogP contribution >= 0.6 is 15.9 Å². The van der Waals surface area contributed by atoms with Gasteiger partial charge >= 0.3 is 0 Å². The Balaban J connectivity index is 2.34. The minimum atomic E-state index is -0.461. The molecule has 1 heterocycles. The number of pyridine rings is 1. The topological polar surface area (TPSA) is 59.2 Å². The van der Waals surface area contributed by atoms with Crippen molar-refractivity contribution in [3.05, 3.63) is 58.1 Å². The van der Waals surface area contributed by atoms with Crippen molar-refractivity contribution >= 4 is 27.5 Å². The predicted octanol–water partition coefficient (Wildman–Crippen LogP) is 2.72. The molecule has 0 saturated carbocycles. The summed E-state index contributed by atoms with van der Waals surface area (Å²) in [6, 6.07) is 7.62. The highest BCUT2D eigenvalue weighted by atomic mass is 79.9. The van der Waals surface area contributed by atoms with Crippen LogP contribution in [0.3, 0.4) is 0 Å². The average Bonchev–Trinajstić information content (AvgIpc) is 2.48. The van der Waals surface area contributed by atoms with Crippen LogP contribution in [0.2, 0.25) is 0 Å². The van der Waals surface area contributed by atoms with Gasteiger partial charge in [-0.1, -0.05) is 15.9 Å². The van der Waals surface area contributed by atoms with E-state index in [9.17, 15) is 9.18 Å². The first-order valence-corrected chi connectivity index (χ1v) is 6.70. The number of nitrogens with two attached hydrogens (primary N) is 1. The molecule has 1 aromatic carbocycles. The van der Waals surface area contributed by atoms with Crippen LogP contribution in [0.5, 0.6) is 0 Å². The first-order chi connectivity index (χ1) is 9.52. The number of halogens is 2. The zero-order chi connectivity index (χ0) is 14.7. The van der Waals surface area contributed by atoms with E-state index in [0.717, 1.165) is 0 Å². The third-order valence-electron chi connectivity index (χ3n) is 2.85. The van der Waals surface area contributed by atoms with Crippen LogP contribution < -0.4 is 10.6 Å². The molecule has 0 aliphatic heterocycles. The van der Waals surface area contributed by atoms with Gasteiger partial charge in [0.1, 0.15) is 5.82 Å². The van der Waals surface area contributed by atoms with Gasteiger partial charge in [-0.3, -0.25) is 9.78 Å². The molecular weight excluding hydrogens is 325 g/mol. The molecule has 2 aromatic rings. The van der Waals surface area contributed by atoms with Crippen molar-refractivity contribution in [2.45, 2.75) is 6.54 Å². The molecule has 2 rings (SSSR count). The fourth-order valence-electron chi connectivity index (χ4n) is 1.77. The van der Waals surface area contributed by atoms with Gasteiger partial charge in [0.25, 0.3) is 5.91 Å². The van der Waals surface area contributed by atoms with Gasteiger partial charge in [-0.2, -0.15) is 0 Å². The maximum atomic E-state index is 13.8. The Labute approximate surface area is 124 Å². The summed E-state index contributed by atoms with van der Waals surface area (Å²) in [6.45, 7) is 0.246. The quantitative estimate of drug-likeness (QED) is 0.936. The fraction of sp³-hybridized carbons (Fsp3) is 0.143. The number of carbonyl (C=O) groups excluding carboxylic acids is 1. The Morgan fingerprint density at radius 3 is 2.85 bits per heavy atom. The highest BCUT2D eigenvalue weighted by Gasteiger charge is 2.17. The number of rotatable bonds is 3. The van der Waals surface area contributed by atoms with Crippen LogP contribution in [0.4, 0.5) is 10.1 Å². The molecule has 0 atom stereocenters. The van der Waals surface area contributed by atoms with Gasteiger partial charge < -0.3 is 10.6 Å². The molecule has 1 amide bonds. The van der Waals surface area contributed by atoms with Crippen molar-refractivity contribution in [1.29, 1.82) is 0 Å². The molecule has 104 valence electrons. The fourth-order valence-corrected chi connectivity index (χ4v) is 2.12. The maximum Gasteiger partial charge on any atom is 0.258 e. The van der Waals surface area contributed by atoms with E-state index in [0.29, 0.717) is 15.7 Å². The number of benzene rings is 1. The van der Waals surface area contributed by atoms with Crippen LogP contribution in [0, 0.1) is 5.82 Å². The Bertz CT molecular complexity index is 648. The van der Waals surface area contributed by atoms with Crippen molar-refractivity contribution in [2.75, 3.05) is 11.9 Å². The molecule has 2 N–H and O–H groups in total. The Hall–Kier alpha value is -1.79. The SMILES string of the molecule is CN(C(=O)c1ccnc(CN)c1)c1cc(Br)ccc1F. The molecule has 0 aliphatic carbocycles. The molecule has 0 aliphatic rings. The number of carbonyl (C=O) groups is 1. The first-order valence-electron chi connectivity index (χ1n) is 5.91. The lowest BCUT2D eigenvalue weighted by Crippen LogP contribution is -2.27. The summed E-state index contributed by atoms with van der Waals surface area (Å²) in [5.74, 6) is -0.781. The van der Waals surface area contributed by atoms with Crippen LogP contribution in [0.25, 0.3) is 0 Å². The summed E-state index contributed by atoms with van der Waals surface area (Å²) < 4.78 is 14.5. The molecule has 0 saturated heterocycles. The lowest BCUT2D eigenvalue weighted by molar-refractivity contribution is 0.0992. The molecule has 0 radical (unpaired) electrons. The molecule has 6 heteroatoms. The van der Waals surface area contributed by atoms with E-state index in [1.165, 1.54) is 24.2 Å². The minimum absolute atomic E-state index is 0.204. The van der Waals surface area contributed by atoms with E-state index in [2.05, 4.69) is 20.9 Å². The van der Waals surface area contributed by atoms with Crippen molar-refractivity contribution in [1.82, 2.24) is 4.98 Å². The zero-order valence-corrected chi connectivity index (χ0v) is 12.4. The number of hydrogen-bond donors (Lipinski definition) is 1. The summed E-state index contributed by atoms with van der Waals surface area (Å²) in [6.07, 6.45) is 1.51. The number of nitrogens with zero attached hydrogens (tertiary/aromatic N) is 2. The van der Waals surface area contributed by atoms with E-state index < -0.39 is 5.82 Å². The highest BCUT2D eigenvalue weighted by Crippen LogP contribution is 2.24. The summed E-state index contributed by atoms with van der Waals surface area (Å²) in [4.78, 5) is 17.6. The Kier molecular flexibility index (Phi) is 4.46. The second-order valence-electron chi connectivity index (χ2n) is 4.20. The summed E-state index contributed by atoms with van der Waals surface area (Å²) in [7, 11) is 1.52. The Morgan fingerprint density at radius 1 is 1.40 bits per heavy atom. The van der Waals surface area contributed by atoms with Crippen LogP contribution in [-0.4, -0.2) is 17.9 Å². The molecule has 0 unspecified atom stereocenters. The molecule has 20 heavy (non-hydrogen) atoms. The highest BCUT2D eigenvalue weighted by molar-refractivity contribution is 9.10. The number of amides is 1. The van der Waals surface area contributed by atoms with E-state index in [1.807, 2.05) is 0 Å². The van der Waals surface area contributed by atoms with Crippen LogP contribution in [-0.2, 0) is 6.54 Å². The van der Waals surface area contributed by atoms with Crippen molar-refractivity contribution < 1.29 is 9.18 Å². The van der Waals surface area contributed by atoms with Gasteiger partial charge in [0.05, 0.1) is 11.4 Å². The molecule has 0 spiro atoms. The third-order valence-corrected chi connectivity index (χ3v) is 3.34. The summed E-state index contributed by atoms with van der Waals surface area (Å²) in [5, 5.41) is 0. The zero-order valence-electron chi connectivity index (χ0n) is 10.8. The number of aromatic nitrogens is 1. The normalized spacial score (nSPS) is 10.4. The van der Waals surface area contributed by atoms with Gasteiger partial charge in [-0.25, -0.2) is 4.39 Å². The van der Waals surface area contributed by atoms with Gasteiger partial charge in [0.2, 0.25) is 0 Å². The van der Waals surface area contributed by atoms with Gasteiger partial charge in [-0.05, 0) is 30.3 Å². The molecule has 0 fully saturated rings. The molecule has 0 bridgehead atoms. The van der Waals surface area contributed by atoms with Crippen molar-refractivity contribution in [2.24, 2.45) is 5.73 Å². The molecule has 4 nitrogen and oxygen atoms in total. The lowest BCUT2D eigenvalue weighted by atomic mass is 10.2. The number of hydrogen-bond acceptors (Lipinski definition) is 3. The average molecular weight is 338 g/mol. The van der Waals surface area contributed by atoms with E-state index >= 15 is 0 Å². The molecular formula is C14H13BrFN3O. The standard InChI is InChI=1S/C14H13BrFN3O/c1-19(13-7-10(15)2-3-12(13)16)14(20)9-4-5-18-11(6-9)8-17/h2-7H,8,17H2,1H3. The predicted molar refractivity (Wildman–Crippen MR) is 79.0 cm³/mol. The molecule has 1 aromatic heterocycles. The first kappa shape index (κ1) is 14.6. The van der Waals surface area contributed by atoms with Crippen molar-refractivity contribution in [3.8, 4) is 0 Å². The second kappa shape index (κ2) is 6.11. The van der Waals surface area contributed by atoms with Crippen LogP contribution in [0.15, 0.2) is 41.0 Å². The monoisotopic (exact) mass is 337 g/mol. The van der Waals surface area contributed by atoms with E-state index in [4.69, 9.17) is 5.73 Å². The van der Waals surface area contributed by atoms with Crippen LogP contribution in [0.1, 0.15) is 16.1 Å². The summed E-state index contributed by atoms with van der Waals surface area (Å²) in [5.41, 5.74) is 6.73. The summed E-state index contributed by atoms with van der Waals surface area (Å²) >= 11 is 3.26. The minimum Gasteiger partial charge on any atom is -0.325 e. The van der Waals surface area contributed by atoms with E-state index in [-0.39, 0.29) is 18.1 Å². The smallest absolute Gasteiger partial charge is 0.258 e. The lowest BCUT2D eigenvalue weighted by Gasteiger charge is -2.18. The maximum absolute atomic E-state index is 13.8. The number of anilines is 1. The van der Waals surface area contributed by atoms with Gasteiger partial charge in [0.15, 0.2) is 0 Å². The Morgan fingerprint density at radius 2 is 2.15 bits per heavy atom. The van der Waals surface area contributed by atoms with Gasteiger partial charge in [-0.15, -0.1) is 0 Å². The van der Waals surface area contributed by atoms with Gasteiger partial charge in [0, 0.05) is 29.8 Å². The third kappa shape index (κ3) is 3.02. The van der Waals surface area contributed by atoms with E-state index in [1.54, 1.807) is 24.3 Å². The second-order valence-corrected chi connectivity index (χ2v) is 5.12. The van der Waals surface area contributed by atoms with Crippen molar-refractivity contribution in [3.63, 3.8) is 0 Å². The largest absolute Gasteiger partial charge is 0.325 e.